The lowest BCUT2D eigenvalue weighted by atomic mass is 9.82. The molecule has 84 valence electrons. The van der Waals surface area contributed by atoms with E-state index in [0.29, 0.717) is 26.1 Å². The van der Waals surface area contributed by atoms with Crippen LogP contribution in [0.1, 0.15) is 33.6 Å². The van der Waals surface area contributed by atoms with Crippen molar-refractivity contribution in [2.75, 3.05) is 13.2 Å². The van der Waals surface area contributed by atoms with Crippen molar-refractivity contribution in [1.82, 2.24) is 0 Å². The highest BCUT2D eigenvalue weighted by Crippen LogP contribution is 2.34. The summed E-state index contributed by atoms with van der Waals surface area (Å²) in [7, 11) is 0. The number of ether oxygens (including phenoxy) is 2. The first-order valence-corrected chi connectivity index (χ1v) is 5.15. The van der Waals surface area contributed by atoms with E-state index in [9.17, 15) is 4.79 Å². The summed E-state index contributed by atoms with van der Waals surface area (Å²) in [4.78, 5) is 10.6. The van der Waals surface area contributed by atoms with Crippen LogP contribution < -0.4 is 0 Å². The van der Waals surface area contributed by atoms with Crippen LogP contribution in [-0.4, -0.2) is 25.3 Å². The number of hydrogen-bond donors (Lipinski definition) is 0. The molecule has 1 aliphatic heterocycles. The first kappa shape index (κ1) is 12.2. The molecule has 1 aliphatic rings. The van der Waals surface area contributed by atoms with Gasteiger partial charge in [0.2, 0.25) is 0 Å². The maximum absolute atomic E-state index is 10.6. The average molecular weight is 210 g/mol. The predicted octanol–water partition coefficient (Wildman–Crippen LogP) is 1.76. The molecule has 0 aromatic heterocycles. The summed E-state index contributed by atoms with van der Waals surface area (Å²) in [5.41, 5.74) is -0.250. The summed E-state index contributed by atoms with van der Waals surface area (Å²) >= 11 is 0. The first-order chi connectivity index (χ1) is 7.04. The third-order valence-corrected chi connectivity index (χ3v) is 2.61. The summed E-state index contributed by atoms with van der Waals surface area (Å²) in [6.07, 6.45) is 2.01. The summed E-state index contributed by atoms with van der Waals surface area (Å²) in [5.74, 6) is 5.31. The molecule has 0 amide bonds. The number of rotatable bonds is 3. The van der Waals surface area contributed by atoms with Gasteiger partial charge in [-0.1, -0.05) is 0 Å². The number of hydrogen-bond acceptors (Lipinski definition) is 3. The van der Waals surface area contributed by atoms with Crippen molar-refractivity contribution in [3.05, 3.63) is 0 Å². The molecule has 0 saturated carbocycles. The topological polar surface area (TPSA) is 35.5 Å². The second-order valence-electron chi connectivity index (χ2n) is 4.45. The quantitative estimate of drug-likeness (QED) is 0.526. The smallest absolute Gasteiger partial charge is 0.162 e. The molecule has 0 unspecified atom stereocenters. The molecule has 0 bridgehead atoms. The highest BCUT2D eigenvalue weighted by atomic mass is 16.7. The fourth-order valence-electron chi connectivity index (χ4n) is 1.48. The standard InChI is InChI=1S/C12H18O3/c1-4-5-6-12(7-8-13)9-14-11(2,3)15-10-12/h8H,6-7,9-10H2,1-3H3. The van der Waals surface area contributed by atoms with Gasteiger partial charge >= 0.3 is 0 Å². The van der Waals surface area contributed by atoms with E-state index in [0.717, 1.165) is 6.29 Å². The van der Waals surface area contributed by atoms with Gasteiger partial charge in [0.25, 0.3) is 0 Å². The van der Waals surface area contributed by atoms with Crippen LogP contribution in [0.25, 0.3) is 0 Å². The lowest BCUT2D eigenvalue weighted by molar-refractivity contribution is -0.284. The van der Waals surface area contributed by atoms with Gasteiger partial charge < -0.3 is 14.3 Å². The molecule has 3 heteroatoms. The van der Waals surface area contributed by atoms with E-state index in [-0.39, 0.29) is 5.41 Å². The average Bonchev–Trinajstić information content (AvgIpc) is 2.20. The minimum atomic E-state index is -0.536. The van der Waals surface area contributed by atoms with Crippen LogP contribution in [0.3, 0.4) is 0 Å². The molecule has 0 N–H and O–H groups in total. The Labute approximate surface area is 91.1 Å². The Morgan fingerprint density at radius 3 is 2.40 bits per heavy atom. The van der Waals surface area contributed by atoms with Gasteiger partial charge in [-0.3, -0.25) is 0 Å². The molecule has 0 aliphatic carbocycles. The molecule has 1 fully saturated rings. The van der Waals surface area contributed by atoms with Crippen molar-refractivity contribution in [1.29, 1.82) is 0 Å². The summed E-state index contributed by atoms with van der Waals surface area (Å²) in [6.45, 7) is 6.62. The zero-order valence-electron chi connectivity index (χ0n) is 9.63. The van der Waals surface area contributed by atoms with Crippen LogP contribution in [-0.2, 0) is 14.3 Å². The van der Waals surface area contributed by atoms with Gasteiger partial charge in [-0.2, -0.15) is 0 Å². The Kier molecular flexibility index (Phi) is 3.90. The van der Waals surface area contributed by atoms with E-state index < -0.39 is 5.79 Å². The minimum Gasteiger partial charge on any atom is -0.350 e. The Balaban J connectivity index is 2.66. The van der Waals surface area contributed by atoms with E-state index in [2.05, 4.69) is 11.8 Å². The molecule has 3 nitrogen and oxygen atoms in total. The second-order valence-corrected chi connectivity index (χ2v) is 4.45. The Morgan fingerprint density at radius 2 is 1.93 bits per heavy atom. The molecular weight excluding hydrogens is 192 g/mol. The molecule has 15 heavy (non-hydrogen) atoms. The van der Waals surface area contributed by atoms with Crippen LogP contribution in [0, 0.1) is 17.3 Å². The monoisotopic (exact) mass is 210 g/mol. The summed E-state index contributed by atoms with van der Waals surface area (Å²) in [5, 5.41) is 0. The van der Waals surface area contributed by atoms with Crippen LogP contribution in [0.4, 0.5) is 0 Å². The lowest BCUT2D eigenvalue weighted by Gasteiger charge is -2.41. The third kappa shape index (κ3) is 3.33. The second kappa shape index (κ2) is 4.78. The highest BCUT2D eigenvalue weighted by molar-refractivity contribution is 5.51. The predicted molar refractivity (Wildman–Crippen MR) is 57.2 cm³/mol. The van der Waals surface area contributed by atoms with Crippen molar-refractivity contribution in [3.8, 4) is 11.8 Å². The Bertz CT molecular complexity index is 273. The van der Waals surface area contributed by atoms with Crippen molar-refractivity contribution in [2.24, 2.45) is 5.41 Å². The maximum atomic E-state index is 10.6. The van der Waals surface area contributed by atoms with Gasteiger partial charge in [0, 0.05) is 18.3 Å². The number of carbonyl (C=O) groups is 1. The van der Waals surface area contributed by atoms with Crippen molar-refractivity contribution < 1.29 is 14.3 Å². The SMILES string of the molecule is CC#CCC1(CC=O)COC(C)(C)OC1. The molecule has 1 saturated heterocycles. The highest BCUT2D eigenvalue weighted by Gasteiger charge is 2.39. The van der Waals surface area contributed by atoms with Crippen LogP contribution in [0.5, 0.6) is 0 Å². The fraction of sp³-hybridized carbons (Fsp3) is 0.750. The fourth-order valence-corrected chi connectivity index (χ4v) is 1.48. The molecule has 0 aromatic carbocycles. The minimum absolute atomic E-state index is 0.250. The lowest BCUT2D eigenvalue weighted by Crippen LogP contribution is -2.46. The third-order valence-electron chi connectivity index (χ3n) is 2.61. The van der Waals surface area contributed by atoms with E-state index in [1.807, 2.05) is 13.8 Å². The first-order valence-electron chi connectivity index (χ1n) is 5.15. The molecule has 0 radical (unpaired) electrons. The van der Waals surface area contributed by atoms with E-state index >= 15 is 0 Å². The van der Waals surface area contributed by atoms with Gasteiger partial charge in [0.05, 0.1) is 13.2 Å². The molecule has 0 aromatic rings. The normalized spacial score (nSPS) is 22.6. The summed E-state index contributed by atoms with van der Waals surface area (Å²) < 4.78 is 11.2. The van der Waals surface area contributed by atoms with E-state index in [1.54, 1.807) is 6.92 Å². The number of carbonyl (C=O) groups excluding carboxylic acids is 1. The zero-order chi connectivity index (χ0) is 11.4. The van der Waals surface area contributed by atoms with Crippen LogP contribution in [0.2, 0.25) is 0 Å². The summed E-state index contributed by atoms with van der Waals surface area (Å²) in [6, 6.07) is 0. The Hall–Kier alpha value is -0.850. The molecule has 1 rings (SSSR count). The molecular formula is C12H18O3. The largest absolute Gasteiger partial charge is 0.350 e. The van der Waals surface area contributed by atoms with Crippen molar-refractivity contribution in [2.45, 2.75) is 39.4 Å². The van der Waals surface area contributed by atoms with E-state index in [1.165, 1.54) is 0 Å². The zero-order valence-corrected chi connectivity index (χ0v) is 9.63. The molecule has 0 atom stereocenters. The van der Waals surface area contributed by atoms with Gasteiger partial charge in [0.15, 0.2) is 5.79 Å². The number of aldehydes is 1. The Morgan fingerprint density at radius 1 is 1.33 bits per heavy atom. The van der Waals surface area contributed by atoms with Crippen LogP contribution in [0.15, 0.2) is 0 Å². The van der Waals surface area contributed by atoms with Crippen molar-refractivity contribution in [3.63, 3.8) is 0 Å². The molecule has 1 heterocycles. The maximum Gasteiger partial charge on any atom is 0.162 e. The van der Waals surface area contributed by atoms with Gasteiger partial charge in [-0.05, 0) is 20.8 Å². The van der Waals surface area contributed by atoms with Gasteiger partial charge in [0.1, 0.15) is 6.29 Å². The van der Waals surface area contributed by atoms with Crippen molar-refractivity contribution >= 4 is 6.29 Å². The van der Waals surface area contributed by atoms with E-state index in [4.69, 9.17) is 9.47 Å². The van der Waals surface area contributed by atoms with Gasteiger partial charge in [-0.15, -0.1) is 11.8 Å². The molecule has 0 spiro atoms. The van der Waals surface area contributed by atoms with Crippen LogP contribution >= 0.6 is 0 Å². The van der Waals surface area contributed by atoms with Gasteiger partial charge in [-0.25, -0.2) is 0 Å².